The fourth-order valence-electron chi connectivity index (χ4n) is 7.14. The molecule has 0 spiro atoms. The van der Waals surface area contributed by atoms with Gasteiger partial charge in [0, 0.05) is 0 Å². The van der Waals surface area contributed by atoms with Crippen LogP contribution in [0.5, 0.6) is 0 Å². The first-order chi connectivity index (χ1) is 12.9. The average Bonchev–Trinajstić information content (AvgIpc) is 2.88. The normalized spacial score (nSPS) is 50.5. The van der Waals surface area contributed by atoms with Gasteiger partial charge in [0.25, 0.3) is 0 Å². The van der Waals surface area contributed by atoms with E-state index in [1.807, 2.05) is 13.8 Å². The van der Waals surface area contributed by atoms with Gasteiger partial charge in [-0.15, -0.1) is 11.6 Å². The van der Waals surface area contributed by atoms with Gasteiger partial charge in [0.2, 0.25) is 11.5 Å². The maximum atomic E-state index is 15.3. The number of ketones is 1. The lowest BCUT2D eigenvalue weighted by Crippen LogP contribution is -2.63. The number of allylic oxidation sites excluding steroid dienone is 2. The predicted molar refractivity (Wildman–Crippen MR) is 101 cm³/mol. The molecule has 28 heavy (non-hydrogen) atoms. The van der Waals surface area contributed by atoms with Crippen molar-refractivity contribution in [3.05, 3.63) is 23.2 Å². The Morgan fingerprint density at radius 3 is 2.46 bits per heavy atom. The summed E-state index contributed by atoms with van der Waals surface area (Å²) < 4.78 is 15.3. The molecule has 0 radical (unpaired) electrons. The van der Waals surface area contributed by atoms with Crippen LogP contribution in [0.2, 0.25) is 0 Å². The van der Waals surface area contributed by atoms with Crippen LogP contribution in [0, 0.1) is 34.5 Å². The van der Waals surface area contributed by atoms with Crippen molar-refractivity contribution < 1.29 is 29.3 Å². The van der Waals surface area contributed by atoms with Crippen LogP contribution in [-0.2, 0) is 9.59 Å². The highest BCUT2D eigenvalue weighted by molar-refractivity contribution is 6.26. The van der Waals surface area contributed by atoms with E-state index in [9.17, 15) is 24.9 Å². The van der Waals surface area contributed by atoms with Gasteiger partial charge in [-0.2, -0.15) is 0 Å². The van der Waals surface area contributed by atoms with Gasteiger partial charge in [-0.1, -0.05) is 13.8 Å². The molecule has 154 valence electrons. The van der Waals surface area contributed by atoms with E-state index in [1.54, 1.807) is 6.92 Å². The summed E-state index contributed by atoms with van der Waals surface area (Å²) in [6.45, 7) is 5.48. The van der Waals surface area contributed by atoms with Gasteiger partial charge in [0.05, 0.1) is 16.2 Å². The Morgan fingerprint density at radius 1 is 1.21 bits per heavy atom. The lowest BCUT2D eigenvalue weighted by atomic mass is 9.46. The summed E-state index contributed by atoms with van der Waals surface area (Å²) in [5, 5.41) is 30.7. The largest absolute Gasteiger partial charge is 0.507 e. The third kappa shape index (κ3) is 2.08. The van der Waals surface area contributed by atoms with Gasteiger partial charge < -0.3 is 15.3 Å². The fourth-order valence-corrected chi connectivity index (χ4v) is 7.67. The maximum absolute atomic E-state index is 15.3. The standard InChI is InChI=1S/C21H26ClFO5/c1-9-6-10-11-7-13(23)12-8-14(24)16(25)17(26)20(12,3)21(11,22)5-4-19(10,2)15(9)18(27)28/h8-11,13,15,25-26H,4-7H2,1-3H3,(H,27,28)/t9-,10+,11+,13+,15+,19+,20-,21-/m1/s1. The second kappa shape index (κ2) is 5.74. The molecule has 0 unspecified atom stereocenters. The molecule has 0 aromatic rings. The zero-order chi connectivity index (χ0) is 20.8. The summed E-state index contributed by atoms with van der Waals surface area (Å²) in [7, 11) is 0. The summed E-state index contributed by atoms with van der Waals surface area (Å²) in [5.41, 5.74) is -1.79. The lowest BCUT2D eigenvalue weighted by molar-refractivity contribution is -0.150. The van der Waals surface area contributed by atoms with Gasteiger partial charge in [0.1, 0.15) is 11.9 Å². The number of aliphatic hydroxyl groups excluding tert-OH is 2. The van der Waals surface area contributed by atoms with E-state index in [-0.39, 0.29) is 29.7 Å². The Kier molecular flexibility index (Phi) is 4.05. The number of carboxylic acid groups (broad SMARTS) is 1. The highest BCUT2D eigenvalue weighted by Gasteiger charge is 2.71. The van der Waals surface area contributed by atoms with Crippen molar-refractivity contribution in [1.82, 2.24) is 0 Å². The molecule has 0 saturated heterocycles. The highest BCUT2D eigenvalue weighted by Crippen LogP contribution is 2.71. The lowest BCUT2D eigenvalue weighted by Gasteiger charge is -2.62. The first kappa shape index (κ1) is 19.7. The van der Waals surface area contributed by atoms with Crippen LogP contribution in [-0.4, -0.2) is 38.1 Å². The summed E-state index contributed by atoms with van der Waals surface area (Å²) in [5.74, 6) is -4.06. The summed E-state index contributed by atoms with van der Waals surface area (Å²) >= 11 is 7.20. The molecule has 4 aliphatic carbocycles. The van der Waals surface area contributed by atoms with Crippen molar-refractivity contribution in [2.45, 2.75) is 57.5 Å². The van der Waals surface area contributed by atoms with Gasteiger partial charge in [-0.25, -0.2) is 4.39 Å². The number of carbonyl (C=O) groups is 2. The van der Waals surface area contributed by atoms with Crippen LogP contribution in [0.4, 0.5) is 4.39 Å². The van der Waals surface area contributed by atoms with E-state index in [4.69, 9.17) is 11.6 Å². The van der Waals surface area contributed by atoms with Gasteiger partial charge in [-0.05, 0) is 67.4 Å². The van der Waals surface area contributed by atoms with E-state index in [1.165, 1.54) is 0 Å². The number of hydrogen-bond acceptors (Lipinski definition) is 4. The summed E-state index contributed by atoms with van der Waals surface area (Å²) in [4.78, 5) is 22.9. The van der Waals surface area contributed by atoms with Crippen molar-refractivity contribution in [3.63, 3.8) is 0 Å². The third-order valence-corrected chi connectivity index (χ3v) is 9.39. The van der Waals surface area contributed by atoms with Crippen LogP contribution in [0.1, 0.15) is 46.5 Å². The number of fused-ring (bicyclic) bond motifs is 5. The number of aliphatic carboxylic acids is 1. The third-order valence-electron chi connectivity index (χ3n) is 8.54. The number of alkyl halides is 2. The quantitative estimate of drug-likeness (QED) is 0.557. The predicted octanol–water partition coefficient (Wildman–Crippen LogP) is 4.32. The van der Waals surface area contributed by atoms with Crippen LogP contribution in [0.3, 0.4) is 0 Å². The van der Waals surface area contributed by atoms with E-state index in [2.05, 4.69) is 0 Å². The second-order valence-corrected chi connectivity index (χ2v) is 10.3. The average molecular weight is 413 g/mol. The fraction of sp³-hybridized carbons (Fsp3) is 0.714. The molecule has 0 bridgehead atoms. The Morgan fingerprint density at radius 2 is 1.86 bits per heavy atom. The SMILES string of the molecule is C[C@@H]1C[C@H]2[C@@H]3C[C@H](F)C4=CC(=O)C(O)=C(O)[C@]4(C)[C@@]3(Cl)CC[C@]2(C)[C@@H]1C(=O)O. The van der Waals surface area contributed by atoms with E-state index < -0.39 is 51.1 Å². The summed E-state index contributed by atoms with van der Waals surface area (Å²) in [6, 6.07) is 0. The molecule has 0 amide bonds. The molecule has 3 N–H and O–H groups in total. The van der Waals surface area contributed by atoms with Crippen molar-refractivity contribution in [2.24, 2.45) is 34.5 Å². The van der Waals surface area contributed by atoms with E-state index in [0.717, 1.165) is 6.08 Å². The Hall–Kier alpha value is -1.56. The first-order valence-electron chi connectivity index (χ1n) is 9.84. The number of halogens is 2. The minimum Gasteiger partial charge on any atom is -0.507 e. The molecule has 8 atom stereocenters. The molecular weight excluding hydrogens is 387 g/mol. The van der Waals surface area contributed by atoms with Crippen molar-refractivity contribution in [3.8, 4) is 0 Å². The minimum absolute atomic E-state index is 0.0557. The zero-order valence-corrected chi connectivity index (χ0v) is 17.0. The molecule has 3 saturated carbocycles. The van der Waals surface area contributed by atoms with Crippen LogP contribution >= 0.6 is 11.6 Å². The number of rotatable bonds is 1. The van der Waals surface area contributed by atoms with Gasteiger partial charge in [-0.3, -0.25) is 9.59 Å². The van der Waals surface area contributed by atoms with Crippen LogP contribution < -0.4 is 0 Å². The Bertz CT molecular complexity index is 837. The van der Waals surface area contributed by atoms with Crippen molar-refractivity contribution >= 4 is 23.4 Å². The van der Waals surface area contributed by atoms with Crippen LogP contribution in [0.25, 0.3) is 0 Å². The zero-order valence-electron chi connectivity index (χ0n) is 16.2. The summed E-state index contributed by atoms with van der Waals surface area (Å²) in [6.07, 6.45) is 1.21. The van der Waals surface area contributed by atoms with E-state index >= 15 is 4.39 Å². The molecule has 0 aromatic heterocycles. The van der Waals surface area contributed by atoms with Crippen molar-refractivity contribution in [1.29, 1.82) is 0 Å². The second-order valence-electron chi connectivity index (χ2n) is 9.60. The minimum atomic E-state index is -1.48. The molecule has 0 heterocycles. The number of carbonyl (C=O) groups excluding carboxylic acids is 1. The smallest absolute Gasteiger partial charge is 0.307 e. The molecule has 0 aromatic carbocycles. The maximum Gasteiger partial charge on any atom is 0.307 e. The Balaban J connectivity index is 1.86. The molecule has 5 nitrogen and oxygen atoms in total. The molecule has 0 aliphatic heterocycles. The Labute approximate surface area is 168 Å². The van der Waals surface area contributed by atoms with Crippen molar-refractivity contribution in [2.75, 3.05) is 0 Å². The molecule has 7 heteroatoms. The highest BCUT2D eigenvalue weighted by atomic mass is 35.5. The monoisotopic (exact) mass is 412 g/mol. The molecule has 3 fully saturated rings. The van der Waals surface area contributed by atoms with Gasteiger partial charge in [0.15, 0.2) is 0 Å². The molecule has 4 rings (SSSR count). The number of carboxylic acids is 1. The number of aliphatic hydroxyl groups is 2. The van der Waals surface area contributed by atoms with Gasteiger partial charge >= 0.3 is 5.97 Å². The first-order valence-corrected chi connectivity index (χ1v) is 10.2. The molecular formula is C21H26ClFO5. The van der Waals surface area contributed by atoms with E-state index in [0.29, 0.717) is 19.3 Å². The van der Waals surface area contributed by atoms with Crippen LogP contribution in [0.15, 0.2) is 23.2 Å². The molecule has 4 aliphatic rings. The number of hydrogen-bond donors (Lipinski definition) is 3. The topological polar surface area (TPSA) is 94.8 Å².